The summed E-state index contributed by atoms with van der Waals surface area (Å²) in [6, 6.07) is 9.07. The molecule has 1 N–H and O–H groups in total. The molecule has 0 bridgehead atoms. The highest BCUT2D eigenvalue weighted by molar-refractivity contribution is 8.00. The summed E-state index contributed by atoms with van der Waals surface area (Å²) in [5, 5.41) is 26.2. The van der Waals surface area contributed by atoms with E-state index in [9.17, 15) is 28.8 Å². The average molecular weight is 544 g/mol. The third kappa shape index (κ3) is 6.43. The maximum Gasteiger partial charge on any atom is 0.269 e. The number of carbonyl (C=O) groups is 1. The maximum atomic E-state index is 14.8. The number of aromatic nitrogens is 3. The van der Waals surface area contributed by atoms with E-state index in [2.05, 4.69) is 10.1 Å². The molecule has 1 fully saturated rings. The van der Waals surface area contributed by atoms with Crippen LogP contribution in [-0.2, 0) is 16.9 Å². The Morgan fingerprint density at radius 3 is 2.58 bits per heavy atom. The molecule has 12 heteroatoms. The van der Waals surface area contributed by atoms with Gasteiger partial charge < -0.3 is 10.0 Å². The van der Waals surface area contributed by atoms with E-state index in [1.165, 1.54) is 53.4 Å². The molecule has 1 amide bonds. The van der Waals surface area contributed by atoms with Crippen LogP contribution in [-0.4, -0.2) is 59.2 Å². The summed E-state index contributed by atoms with van der Waals surface area (Å²) in [6.07, 6.45) is 7.18. The van der Waals surface area contributed by atoms with E-state index < -0.39 is 27.4 Å². The fourth-order valence-electron chi connectivity index (χ4n) is 4.43. The van der Waals surface area contributed by atoms with Crippen LogP contribution in [0.1, 0.15) is 30.9 Å². The lowest BCUT2D eigenvalue weighted by Crippen LogP contribution is -2.44. The molecule has 38 heavy (non-hydrogen) atoms. The minimum absolute atomic E-state index is 0.0154. The number of benzene rings is 2. The molecule has 9 nitrogen and oxygen atoms in total. The maximum absolute atomic E-state index is 14.8. The number of hydrogen-bond donors (Lipinski definition) is 1. The molecule has 0 radical (unpaired) electrons. The van der Waals surface area contributed by atoms with Gasteiger partial charge in [0.1, 0.15) is 29.9 Å². The quantitative estimate of drug-likeness (QED) is 0.245. The number of nitro groups is 1. The first kappa shape index (κ1) is 27.4. The summed E-state index contributed by atoms with van der Waals surface area (Å²) in [5.41, 5.74) is -1.03. The van der Waals surface area contributed by atoms with E-state index in [1.807, 2.05) is 0 Å². The molecule has 200 valence electrons. The molecule has 0 unspecified atom stereocenters. The van der Waals surface area contributed by atoms with Crippen LogP contribution in [0.3, 0.4) is 0 Å². The summed E-state index contributed by atoms with van der Waals surface area (Å²) in [4.78, 5) is 28.6. The molecular formula is C26H27F2N5O4S. The highest BCUT2D eigenvalue weighted by Crippen LogP contribution is 2.40. The number of amides is 1. The second-order valence-corrected chi connectivity index (χ2v) is 10.8. The Hall–Kier alpha value is -3.64. The topological polar surface area (TPSA) is 114 Å². The Bertz CT molecular complexity index is 1300. The van der Waals surface area contributed by atoms with Crippen molar-refractivity contribution in [3.05, 3.63) is 94.1 Å². The summed E-state index contributed by atoms with van der Waals surface area (Å²) in [5.74, 6) is -1.72. The van der Waals surface area contributed by atoms with Crippen LogP contribution < -0.4 is 0 Å². The fraction of sp³-hybridized carbons (Fsp3) is 0.346. The molecule has 0 saturated carbocycles. The zero-order valence-electron chi connectivity index (χ0n) is 20.6. The van der Waals surface area contributed by atoms with Crippen molar-refractivity contribution in [1.82, 2.24) is 19.7 Å². The van der Waals surface area contributed by atoms with Crippen molar-refractivity contribution in [3.63, 3.8) is 0 Å². The molecule has 2 aromatic carbocycles. The molecule has 2 atom stereocenters. The van der Waals surface area contributed by atoms with E-state index in [-0.39, 0.29) is 29.0 Å². The van der Waals surface area contributed by atoms with E-state index in [0.29, 0.717) is 31.5 Å². The standard InChI is InChI=1S/C26H27F2N5O4S/c1-18(26(35,15-32-17-29-16-30-32)23-8-5-20(27)14-24(23)28)38-22-10-12-31(13-11-22)25(34)9-4-19-2-6-21(7-3-19)33(36)37/h2-9,14,16-18,22,35H,10-13,15H2,1H3/t18-,26-/m1/s1. The monoisotopic (exact) mass is 543 g/mol. The fourth-order valence-corrected chi connectivity index (χ4v) is 5.92. The molecular weight excluding hydrogens is 516 g/mol. The van der Waals surface area contributed by atoms with Crippen molar-refractivity contribution >= 4 is 29.4 Å². The van der Waals surface area contributed by atoms with E-state index in [1.54, 1.807) is 30.0 Å². The Morgan fingerprint density at radius 1 is 1.26 bits per heavy atom. The highest BCUT2D eigenvalue weighted by Gasteiger charge is 2.41. The van der Waals surface area contributed by atoms with Crippen molar-refractivity contribution in [2.24, 2.45) is 0 Å². The predicted molar refractivity (Wildman–Crippen MR) is 139 cm³/mol. The number of nitro benzene ring substituents is 1. The summed E-state index contributed by atoms with van der Waals surface area (Å²) < 4.78 is 29.8. The number of thioether (sulfide) groups is 1. The molecule has 1 saturated heterocycles. The van der Waals surface area contributed by atoms with Crippen LogP contribution >= 0.6 is 11.8 Å². The lowest BCUT2D eigenvalue weighted by atomic mass is 9.90. The van der Waals surface area contributed by atoms with Gasteiger partial charge in [-0.2, -0.15) is 16.9 Å². The number of piperidine rings is 1. The lowest BCUT2D eigenvalue weighted by molar-refractivity contribution is -0.384. The second-order valence-electron chi connectivity index (χ2n) is 9.13. The second kappa shape index (κ2) is 11.8. The van der Waals surface area contributed by atoms with Gasteiger partial charge in [0, 0.05) is 53.4 Å². The third-order valence-corrected chi connectivity index (χ3v) is 8.27. The molecule has 1 aromatic heterocycles. The largest absolute Gasteiger partial charge is 0.382 e. The van der Waals surface area contributed by atoms with Gasteiger partial charge in [-0.05, 0) is 42.7 Å². The SMILES string of the molecule is C[C@@H](SC1CCN(C(=O)C=Cc2ccc([N+](=O)[O-])cc2)CC1)[C@](O)(Cn1cncn1)c1ccc(F)cc1F. The Morgan fingerprint density at radius 2 is 1.97 bits per heavy atom. The van der Waals surface area contributed by atoms with Gasteiger partial charge in [-0.25, -0.2) is 18.4 Å². The van der Waals surface area contributed by atoms with Crippen LogP contribution in [0.5, 0.6) is 0 Å². The number of non-ortho nitro benzene ring substituents is 1. The van der Waals surface area contributed by atoms with Crippen LogP contribution in [0.25, 0.3) is 6.08 Å². The van der Waals surface area contributed by atoms with Gasteiger partial charge >= 0.3 is 0 Å². The van der Waals surface area contributed by atoms with Gasteiger partial charge in [-0.15, -0.1) is 0 Å². The van der Waals surface area contributed by atoms with Crippen molar-refractivity contribution < 1.29 is 23.6 Å². The first-order valence-electron chi connectivity index (χ1n) is 12.0. The number of aliphatic hydroxyl groups is 1. The first-order chi connectivity index (χ1) is 18.2. The van der Waals surface area contributed by atoms with Gasteiger partial charge in [-0.3, -0.25) is 14.9 Å². The average Bonchev–Trinajstić information content (AvgIpc) is 3.40. The van der Waals surface area contributed by atoms with E-state index in [4.69, 9.17) is 0 Å². The Balaban J connectivity index is 1.38. The molecule has 1 aliphatic rings. The molecule has 1 aliphatic heterocycles. The van der Waals surface area contributed by atoms with Crippen molar-refractivity contribution in [1.29, 1.82) is 0 Å². The minimum atomic E-state index is -1.68. The minimum Gasteiger partial charge on any atom is -0.382 e. The van der Waals surface area contributed by atoms with Crippen LogP contribution in [0.4, 0.5) is 14.5 Å². The van der Waals surface area contributed by atoms with Crippen molar-refractivity contribution in [2.45, 2.75) is 42.4 Å². The molecule has 4 rings (SSSR count). The summed E-state index contributed by atoms with van der Waals surface area (Å²) in [6.45, 7) is 2.77. The lowest BCUT2D eigenvalue weighted by Gasteiger charge is -2.38. The summed E-state index contributed by atoms with van der Waals surface area (Å²) >= 11 is 1.50. The third-order valence-electron chi connectivity index (χ3n) is 6.61. The highest BCUT2D eigenvalue weighted by atomic mass is 32.2. The number of hydrogen-bond acceptors (Lipinski definition) is 7. The predicted octanol–water partition coefficient (Wildman–Crippen LogP) is 4.18. The number of likely N-dealkylation sites (tertiary alicyclic amines) is 1. The molecule has 2 heterocycles. The van der Waals surface area contributed by atoms with Crippen molar-refractivity contribution in [2.75, 3.05) is 13.1 Å². The normalized spacial score (nSPS) is 16.9. The Labute approximate surface area is 222 Å². The number of rotatable bonds is 9. The smallest absolute Gasteiger partial charge is 0.269 e. The van der Waals surface area contributed by atoms with Gasteiger partial charge in [0.25, 0.3) is 5.69 Å². The molecule has 0 aliphatic carbocycles. The number of carbonyl (C=O) groups excluding carboxylic acids is 1. The van der Waals surface area contributed by atoms with Crippen molar-refractivity contribution in [3.8, 4) is 0 Å². The first-order valence-corrected chi connectivity index (χ1v) is 13.0. The van der Waals surface area contributed by atoms with Crippen LogP contribution in [0.15, 0.2) is 61.2 Å². The van der Waals surface area contributed by atoms with E-state index >= 15 is 0 Å². The number of nitrogens with zero attached hydrogens (tertiary/aromatic N) is 5. The van der Waals surface area contributed by atoms with E-state index in [0.717, 1.165) is 12.1 Å². The van der Waals surface area contributed by atoms with Gasteiger partial charge in [0.2, 0.25) is 5.91 Å². The molecule has 0 spiro atoms. The number of halogens is 2. The van der Waals surface area contributed by atoms with Gasteiger partial charge in [-0.1, -0.05) is 13.0 Å². The van der Waals surface area contributed by atoms with Crippen LogP contribution in [0.2, 0.25) is 0 Å². The zero-order chi connectivity index (χ0) is 27.3. The van der Waals surface area contributed by atoms with Gasteiger partial charge in [0.05, 0.1) is 11.5 Å². The Kier molecular flexibility index (Phi) is 8.52. The van der Waals surface area contributed by atoms with Gasteiger partial charge in [0.15, 0.2) is 0 Å². The van der Waals surface area contributed by atoms with Crippen LogP contribution in [0, 0.1) is 21.7 Å². The zero-order valence-corrected chi connectivity index (χ0v) is 21.4. The summed E-state index contributed by atoms with van der Waals surface area (Å²) in [7, 11) is 0. The molecule has 3 aromatic rings.